The zero-order valence-electron chi connectivity index (χ0n) is 38.5. The van der Waals surface area contributed by atoms with E-state index < -0.39 is 0 Å². The van der Waals surface area contributed by atoms with Gasteiger partial charge in [-0.1, -0.05) is 91.0 Å². The van der Waals surface area contributed by atoms with Gasteiger partial charge in [-0.25, -0.2) is 0 Å². The number of benzene rings is 4. The lowest BCUT2D eigenvalue weighted by molar-refractivity contribution is 1.24. The summed E-state index contributed by atoms with van der Waals surface area (Å²) in [5.74, 6) is 0. The maximum Gasteiger partial charge on any atom is 0.0886 e. The maximum absolute atomic E-state index is 4.89. The standard InChI is InChI=1S/C63H39N9/c1-4-43(31-64-25-1)49-13-22-61(70-37-49)58-19-10-46(34-67-58)40-7-16-52-55(28-40)53-17-8-41(47-11-20-59(68-35-47)62-23-14-50(38-71-62)44-5-2-26-65-32-44)30-57(53)54-18-9-42(29-56(52)54)48-12-21-60(69-36-48)63-24-15-51(39-72-63)45-6-3-27-66-33-45/h1-39H. The van der Waals surface area contributed by atoms with Crippen molar-refractivity contribution in [1.82, 2.24) is 44.9 Å². The molecule has 0 fully saturated rings. The molecule has 13 rings (SSSR count). The fourth-order valence-electron chi connectivity index (χ4n) is 9.44. The Labute approximate surface area is 414 Å². The highest BCUT2D eigenvalue weighted by molar-refractivity contribution is 6.26. The van der Waals surface area contributed by atoms with Crippen LogP contribution in [0.3, 0.4) is 0 Å². The minimum absolute atomic E-state index is 0.809. The highest BCUT2D eigenvalue weighted by Gasteiger charge is 2.15. The van der Waals surface area contributed by atoms with Gasteiger partial charge in [0.1, 0.15) is 0 Å². The lowest BCUT2D eigenvalue weighted by atomic mass is 9.89. The van der Waals surface area contributed by atoms with E-state index in [2.05, 4.69) is 106 Å². The molecular weight excluding hydrogens is 883 g/mol. The van der Waals surface area contributed by atoms with E-state index in [-0.39, 0.29) is 0 Å². The van der Waals surface area contributed by atoms with Gasteiger partial charge in [0.15, 0.2) is 0 Å². The Morgan fingerprint density at radius 2 is 0.403 bits per heavy atom. The minimum Gasteiger partial charge on any atom is -0.264 e. The van der Waals surface area contributed by atoms with Crippen LogP contribution in [0.1, 0.15) is 0 Å². The van der Waals surface area contributed by atoms with Crippen LogP contribution in [-0.2, 0) is 0 Å². The average molecular weight is 922 g/mol. The third-order valence-corrected chi connectivity index (χ3v) is 13.3. The third kappa shape index (κ3) is 8.06. The van der Waals surface area contributed by atoms with Crippen molar-refractivity contribution in [3.8, 4) is 101 Å². The topological polar surface area (TPSA) is 116 Å². The van der Waals surface area contributed by atoms with E-state index >= 15 is 0 Å². The first-order chi connectivity index (χ1) is 35.6. The normalized spacial score (nSPS) is 11.3. The van der Waals surface area contributed by atoms with Crippen molar-refractivity contribution >= 4 is 32.3 Å². The molecular formula is C63H39N9. The van der Waals surface area contributed by atoms with Gasteiger partial charge in [0.2, 0.25) is 0 Å². The van der Waals surface area contributed by atoms with Crippen molar-refractivity contribution in [3.63, 3.8) is 0 Å². The monoisotopic (exact) mass is 921 g/mol. The first-order valence-electron chi connectivity index (χ1n) is 23.6. The molecule has 9 nitrogen and oxygen atoms in total. The number of fused-ring (bicyclic) bond motifs is 6. The predicted molar refractivity (Wildman–Crippen MR) is 288 cm³/mol. The Bertz CT molecular complexity index is 3600. The molecule has 9 heteroatoms. The second kappa shape index (κ2) is 18.2. The van der Waals surface area contributed by atoms with Crippen LogP contribution < -0.4 is 0 Å². The van der Waals surface area contributed by atoms with E-state index in [1.807, 2.05) is 129 Å². The van der Waals surface area contributed by atoms with Gasteiger partial charge >= 0.3 is 0 Å². The summed E-state index contributed by atoms with van der Waals surface area (Å²) in [6.45, 7) is 0. The molecule has 0 N–H and O–H groups in total. The smallest absolute Gasteiger partial charge is 0.0886 e. The molecule has 4 aromatic carbocycles. The predicted octanol–water partition coefficient (Wildman–Crippen LogP) is 14.7. The minimum atomic E-state index is 0.809. The van der Waals surface area contributed by atoms with Crippen LogP contribution in [0.25, 0.3) is 133 Å². The number of hydrogen-bond donors (Lipinski definition) is 0. The van der Waals surface area contributed by atoms with E-state index in [0.717, 1.165) is 133 Å². The number of nitrogens with zero attached hydrogens (tertiary/aromatic N) is 9. The van der Waals surface area contributed by atoms with Crippen molar-refractivity contribution in [1.29, 1.82) is 0 Å². The summed E-state index contributed by atoms with van der Waals surface area (Å²) >= 11 is 0. The molecule has 0 unspecified atom stereocenters. The average Bonchev–Trinajstić information content (AvgIpc) is 3.48. The summed E-state index contributed by atoms with van der Waals surface area (Å²) in [4.78, 5) is 41.7. The highest BCUT2D eigenvalue weighted by Crippen LogP contribution is 2.41. The van der Waals surface area contributed by atoms with E-state index in [9.17, 15) is 0 Å². The van der Waals surface area contributed by atoms with Crippen LogP contribution in [0.15, 0.2) is 238 Å². The zero-order valence-corrected chi connectivity index (χ0v) is 38.5. The Balaban J connectivity index is 0.861. The maximum atomic E-state index is 4.89. The van der Waals surface area contributed by atoms with Gasteiger partial charge in [-0.05, 0) is 122 Å². The van der Waals surface area contributed by atoms with Crippen LogP contribution in [-0.4, -0.2) is 44.9 Å². The largest absolute Gasteiger partial charge is 0.264 e. The van der Waals surface area contributed by atoms with E-state index in [1.165, 1.54) is 0 Å². The van der Waals surface area contributed by atoms with Crippen LogP contribution in [0.5, 0.6) is 0 Å². The van der Waals surface area contributed by atoms with Crippen LogP contribution >= 0.6 is 0 Å². The van der Waals surface area contributed by atoms with Gasteiger partial charge in [0.05, 0.1) is 34.2 Å². The van der Waals surface area contributed by atoms with E-state index in [1.54, 1.807) is 18.6 Å². The lowest BCUT2D eigenvalue weighted by Gasteiger charge is -2.15. The summed E-state index contributed by atoms with van der Waals surface area (Å²) in [7, 11) is 0. The first-order valence-corrected chi connectivity index (χ1v) is 23.6. The Kier molecular flexibility index (Phi) is 10.6. The molecule has 0 aliphatic heterocycles. The molecule has 0 bridgehead atoms. The summed E-state index contributed by atoms with van der Waals surface area (Å²) in [5.41, 5.74) is 17.2. The Morgan fingerprint density at radius 3 is 0.611 bits per heavy atom. The summed E-state index contributed by atoms with van der Waals surface area (Å²) in [6.07, 6.45) is 22.3. The number of rotatable bonds is 9. The van der Waals surface area contributed by atoms with Crippen molar-refractivity contribution in [2.75, 3.05) is 0 Å². The highest BCUT2D eigenvalue weighted by atomic mass is 14.8. The summed E-state index contributed by atoms with van der Waals surface area (Å²) in [6, 6.07) is 56.8. The van der Waals surface area contributed by atoms with Crippen LogP contribution in [0, 0.1) is 0 Å². The number of aromatic nitrogens is 9. The molecule has 0 saturated heterocycles. The van der Waals surface area contributed by atoms with Gasteiger partial charge < -0.3 is 0 Å². The quantitative estimate of drug-likeness (QED) is 0.130. The van der Waals surface area contributed by atoms with Gasteiger partial charge in [-0.15, -0.1) is 0 Å². The molecule has 0 aliphatic rings. The van der Waals surface area contributed by atoms with Gasteiger partial charge in [0, 0.05) is 124 Å². The molecule has 9 heterocycles. The van der Waals surface area contributed by atoms with Crippen molar-refractivity contribution in [2.45, 2.75) is 0 Å². The molecule has 0 atom stereocenters. The lowest BCUT2D eigenvalue weighted by Crippen LogP contribution is -1.91. The molecule has 0 radical (unpaired) electrons. The summed E-state index contributed by atoms with van der Waals surface area (Å²) < 4.78 is 0. The second-order valence-electron chi connectivity index (χ2n) is 17.6. The van der Waals surface area contributed by atoms with Gasteiger partial charge in [-0.3, -0.25) is 44.9 Å². The molecule has 13 aromatic rings. The first kappa shape index (κ1) is 42.1. The van der Waals surface area contributed by atoms with E-state index in [0.29, 0.717) is 0 Å². The van der Waals surface area contributed by atoms with Crippen LogP contribution in [0.4, 0.5) is 0 Å². The van der Waals surface area contributed by atoms with Gasteiger partial charge in [-0.2, -0.15) is 0 Å². The molecule has 0 saturated carbocycles. The molecule has 336 valence electrons. The Morgan fingerprint density at radius 1 is 0.181 bits per heavy atom. The number of hydrogen-bond acceptors (Lipinski definition) is 9. The van der Waals surface area contributed by atoms with Crippen LogP contribution in [0.2, 0.25) is 0 Å². The molecule has 9 aromatic heterocycles. The number of pyridine rings is 9. The molecule has 0 aliphatic carbocycles. The zero-order chi connectivity index (χ0) is 47.8. The second-order valence-corrected chi connectivity index (χ2v) is 17.6. The summed E-state index contributed by atoms with van der Waals surface area (Å²) in [5, 5.41) is 6.94. The molecule has 0 amide bonds. The fourth-order valence-corrected chi connectivity index (χ4v) is 9.44. The van der Waals surface area contributed by atoms with Gasteiger partial charge in [0.25, 0.3) is 0 Å². The third-order valence-electron chi connectivity index (χ3n) is 13.3. The fraction of sp³-hybridized carbons (Fsp3) is 0. The van der Waals surface area contributed by atoms with Crippen molar-refractivity contribution < 1.29 is 0 Å². The molecule has 72 heavy (non-hydrogen) atoms. The van der Waals surface area contributed by atoms with E-state index in [4.69, 9.17) is 29.9 Å². The SMILES string of the molecule is c1cncc(-c2ccc(-c3ccc(-c4ccc5c(c4)c4ccc(-c6ccc(-c7ccc(-c8cccnc8)cn7)nc6)cc4c4ccc(-c6ccc(-c7ccc(-c8cccnc8)cn7)nc6)cc54)cn3)nc2)c1. The van der Waals surface area contributed by atoms with Crippen molar-refractivity contribution in [2.24, 2.45) is 0 Å². The molecule has 0 spiro atoms. The Hall–Kier alpha value is -9.99. The van der Waals surface area contributed by atoms with Crippen molar-refractivity contribution in [3.05, 3.63) is 238 Å².